The van der Waals surface area contributed by atoms with Gasteiger partial charge >= 0.3 is 11.0 Å². The van der Waals surface area contributed by atoms with E-state index in [0.29, 0.717) is 0 Å². The van der Waals surface area contributed by atoms with E-state index in [-0.39, 0.29) is 18.9 Å². The third-order valence-electron chi connectivity index (χ3n) is 0.652. The molecule has 0 fully saturated rings. The van der Waals surface area contributed by atoms with Crippen LogP contribution in [0.15, 0.2) is 0 Å². The standard InChI is InChI=1S/C2HF6NOS.Li/c3-1(4,5)11(9,10)2(6,7)8;/h9H;. The van der Waals surface area contributed by atoms with Gasteiger partial charge in [0.25, 0.3) is 0 Å². The van der Waals surface area contributed by atoms with Crippen LogP contribution in [0.3, 0.4) is 0 Å². The van der Waals surface area contributed by atoms with E-state index >= 15 is 0 Å². The molecule has 0 rings (SSSR count). The van der Waals surface area contributed by atoms with Gasteiger partial charge in [0.15, 0.2) is 0 Å². The molecule has 0 heterocycles. The Hall–Kier alpha value is 0.127. The number of hydrogen-bond acceptors (Lipinski definition) is 2. The first-order chi connectivity index (χ1) is 4.50. The van der Waals surface area contributed by atoms with Gasteiger partial charge in [-0.1, -0.05) is 0 Å². The van der Waals surface area contributed by atoms with Crippen LogP contribution in [-0.4, -0.2) is 34.1 Å². The molecule has 0 aliphatic carbocycles. The molecule has 2 nitrogen and oxygen atoms in total. The van der Waals surface area contributed by atoms with Gasteiger partial charge in [-0.25, -0.2) is 8.99 Å². The van der Waals surface area contributed by atoms with Crippen molar-refractivity contribution in [3.63, 3.8) is 0 Å². The van der Waals surface area contributed by atoms with Crippen LogP contribution in [0.5, 0.6) is 0 Å². The van der Waals surface area contributed by atoms with E-state index in [0.717, 1.165) is 0 Å². The average Bonchev–Trinajstić information content (AvgIpc) is 1.58. The fourth-order valence-corrected chi connectivity index (χ4v) is 0.394. The second-order valence-corrected chi connectivity index (χ2v) is 3.49. The molecule has 0 aromatic rings. The van der Waals surface area contributed by atoms with Gasteiger partial charge < -0.3 is 0 Å². The van der Waals surface area contributed by atoms with Crippen LogP contribution in [0.2, 0.25) is 0 Å². The van der Waals surface area contributed by atoms with Crippen LogP contribution in [0.4, 0.5) is 26.3 Å². The Morgan fingerprint density at radius 2 is 1.08 bits per heavy atom. The minimum absolute atomic E-state index is 0. The average molecular weight is 208 g/mol. The van der Waals surface area contributed by atoms with Crippen LogP contribution in [-0.2, 0) is 9.73 Å². The summed E-state index contributed by atoms with van der Waals surface area (Å²) in [7, 11) is -6.51. The fourth-order valence-electron chi connectivity index (χ4n) is 0.131. The predicted octanol–water partition coefficient (Wildman–Crippen LogP) is 1.69. The first-order valence-corrected chi connectivity index (χ1v) is 3.47. The third-order valence-corrected chi connectivity index (χ3v) is 1.96. The molecule has 0 aromatic carbocycles. The molecular formula is C2HF6LiNOS. The summed E-state index contributed by atoms with van der Waals surface area (Å²) in [6.45, 7) is 0. The van der Waals surface area contributed by atoms with Gasteiger partial charge in [-0.3, -0.25) is 0 Å². The topological polar surface area (TPSA) is 40.9 Å². The van der Waals surface area contributed by atoms with Crippen molar-refractivity contribution in [1.82, 2.24) is 0 Å². The Morgan fingerprint density at radius 1 is 0.917 bits per heavy atom. The van der Waals surface area contributed by atoms with Crippen molar-refractivity contribution in [1.29, 1.82) is 4.78 Å². The van der Waals surface area contributed by atoms with Gasteiger partial charge in [0.2, 0.25) is 9.73 Å². The maximum absolute atomic E-state index is 11.1. The smallest absolute Gasteiger partial charge is 0.238 e. The summed E-state index contributed by atoms with van der Waals surface area (Å²) < 4.78 is 82.0. The molecule has 0 saturated carbocycles. The van der Waals surface area contributed by atoms with Gasteiger partial charge in [0.05, 0.1) is 0 Å². The van der Waals surface area contributed by atoms with E-state index in [1.54, 1.807) is 0 Å². The fraction of sp³-hybridized carbons (Fsp3) is 1.00. The second-order valence-electron chi connectivity index (χ2n) is 1.45. The Balaban J connectivity index is 0. The Kier molecular flexibility index (Phi) is 4.24. The maximum atomic E-state index is 11.1. The predicted molar refractivity (Wildman–Crippen MR) is 28.7 cm³/mol. The number of rotatable bonds is 0. The zero-order chi connectivity index (χ0) is 9.50. The summed E-state index contributed by atoms with van der Waals surface area (Å²) >= 11 is 0. The monoisotopic (exact) mass is 208 g/mol. The Labute approximate surface area is 75.5 Å². The summed E-state index contributed by atoms with van der Waals surface area (Å²) in [5.74, 6) is 0. The van der Waals surface area contributed by atoms with Gasteiger partial charge in [0.1, 0.15) is 0 Å². The molecule has 0 saturated heterocycles. The molecule has 0 spiro atoms. The SMILES string of the molecule is N=S(=O)(C(F)(F)F)C(F)(F)F.[Li]. The number of alkyl halides is 6. The van der Waals surface area contributed by atoms with Crippen LogP contribution in [0, 0.1) is 4.78 Å². The number of nitrogens with one attached hydrogen (secondary N) is 1. The normalized spacial score (nSPS) is 13.8. The molecule has 0 aromatic heterocycles. The number of hydrogen-bond donors (Lipinski definition) is 1. The van der Waals surface area contributed by atoms with Gasteiger partial charge in [-0.05, 0) is 0 Å². The summed E-state index contributed by atoms with van der Waals surface area (Å²) in [4.78, 5) is 0. The molecule has 0 aliphatic heterocycles. The summed E-state index contributed by atoms with van der Waals surface area (Å²) in [6, 6.07) is 0. The molecule has 0 atom stereocenters. The quantitative estimate of drug-likeness (QED) is 0.477. The van der Waals surface area contributed by atoms with Gasteiger partial charge in [0, 0.05) is 18.9 Å². The largest absolute Gasteiger partial charge is 0.487 e. The molecule has 10 heteroatoms. The van der Waals surface area contributed by atoms with E-state index in [1.807, 2.05) is 0 Å². The maximum Gasteiger partial charge on any atom is 0.487 e. The summed E-state index contributed by atoms with van der Waals surface area (Å²) in [6.07, 6.45) is 0. The van der Waals surface area contributed by atoms with Crippen molar-refractivity contribution in [2.24, 2.45) is 0 Å². The third kappa shape index (κ3) is 2.57. The van der Waals surface area contributed by atoms with Crippen LogP contribution in [0.1, 0.15) is 0 Å². The molecule has 0 bridgehead atoms. The van der Waals surface area contributed by atoms with Crippen molar-refractivity contribution in [3.8, 4) is 0 Å². The molecule has 1 radical (unpaired) electrons. The van der Waals surface area contributed by atoms with Crippen LogP contribution < -0.4 is 0 Å². The zero-order valence-corrected chi connectivity index (χ0v) is 6.40. The van der Waals surface area contributed by atoms with Gasteiger partial charge in [-0.2, -0.15) is 26.3 Å². The van der Waals surface area contributed by atoms with E-state index in [4.69, 9.17) is 4.78 Å². The van der Waals surface area contributed by atoms with E-state index in [2.05, 4.69) is 0 Å². The molecule has 69 valence electrons. The summed E-state index contributed by atoms with van der Waals surface area (Å²) in [5.41, 5.74) is -12.1. The Bertz CT molecular complexity index is 217. The van der Waals surface area contributed by atoms with Crippen molar-refractivity contribution in [2.75, 3.05) is 0 Å². The Morgan fingerprint density at radius 3 is 1.08 bits per heavy atom. The van der Waals surface area contributed by atoms with Crippen LogP contribution in [0.25, 0.3) is 0 Å². The molecule has 0 unspecified atom stereocenters. The van der Waals surface area contributed by atoms with Gasteiger partial charge in [-0.15, -0.1) is 0 Å². The molecule has 0 amide bonds. The van der Waals surface area contributed by atoms with Crippen molar-refractivity contribution in [3.05, 3.63) is 0 Å². The zero-order valence-electron chi connectivity index (χ0n) is 5.58. The van der Waals surface area contributed by atoms with Crippen molar-refractivity contribution < 1.29 is 30.6 Å². The number of halogens is 6. The molecular weight excluding hydrogens is 207 g/mol. The first-order valence-electron chi connectivity index (χ1n) is 1.91. The summed E-state index contributed by atoms with van der Waals surface area (Å²) in [5, 5.41) is 0. The van der Waals surface area contributed by atoms with E-state index in [1.165, 1.54) is 0 Å². The van der Waals surface area contributed by atoms with Crippen LogP contribution >= 0.6 is 0 Å². The molecule has 1 N–H and O–H groups in total. The van der Waals surface area contributed by atoms with E-state index in [9.17, 15) is 30.6 Å². The molecule has 0 aliphatic rings. The minimum Gasteiger partial charge on any atom is -0.238 e. The minimum atomic E-state index is -6.51. The van der Waals surface area contributed by atoms with Crippen molar-refractivity contribution in [2.45, 2.75) is 11.0 Å². The van der Waals surface area contributed by atoms with E-state index < -0.39 is 20.7 Å². The first kappa shape index (κ1) is 14.6. The second kappa shape index (κ2) is 3.47. The van der Waals surface area contributed by atoms with Crippen molar-refractivity contribution >= 4 is 28.6 Å². The molecule has 12 heavy (non-hydrogen) atoms.